The molecule has 0 radical (unpaired) electrons. The van der Waals surface area contributed by atoms with Crippen molar-refractivity contribution in [3.05, 3.63) is 69.8 Å². The number of carbonyl (C=O) groups is 3. The fourth-order valence-corrected chi connectivity index (χ4v) is 9.31. The minimum Gasteiger partial charge on any atom is -0.469 e. The Hall–Kier alpha value is -3.65. The summed E-state index contributed by atoms with van der Waals surface area (Å²) in [4.78, 5) is 65.5. The Bertz CT molecular complexity index is 1380. The van der Waals surface area contributed by atoms with Crippen molar-refractivity contribution in [1.29, 1.82) is 0 Å². The number of benzene rings is 2. The van der Waals surface area contributed by atoms with Crippen LogP contribution in [0.15, 0.2) is 48.5 Å². The topological polar surface area (TPSA) is 160 Å². The lowest BCUT2D eigenvalue weighted by Crippen LogP contribution is -2.46. The highest BCUT2D eigenvalue weighted by molar-refractivity contribution is 6.71. The van der Waals surface area contributed by atoms with Gasteiger partial charge in [0.25, 0.3) is 11.6 Å². The minimum atomic E-state index is -3.10. The molecule has 2 amide bonds. The first-order chi connectivity index (χ1) is 20.8. The second kappa shape index (κ2) is 13.5. The average molecular weight is 628 g/mol. The third kappa shape index (κ3) is 6.55. The molecule has 44 heavy (non-hydrogen) atoms. The van der Waals surface area contributed by atoms with Crippen LogP contribution in [-0.4, -0.2) is 78.7 Å². The number of carbonyl (C=O) groups excluding carboxylic acids is 3. The molecule has 0 bridgehead atoms. The van der Waals surface area contributed by atoms with Gasteiger partial charge in [0.2, 0.25) is 5.91 Å². The first kappa shape index (κ1) is 33.2. The lowest BCUT2D eigenvalue weighted by Gasteiger charge is -2.32. The van der Waals surface area contributed by atoms with Gasteiger partial charge in [-0.1, -0.05) is 37.3 Å². The SMILES string of the molecule is COC(=O)CCCCN1C(=O)[C@@]2(O[C@@H](CC(=O)N(CCO)Cc3ccccc3)[C@H]([Si](C)(C)O)[C@H]2C)c2cc([N+](=O)[O-])ccc21. The Morgan fingerprint density at radius 2 is 1.89 bits per heavy atom. The molecule has 4 rings (SSSR count). The maximum absolute atomic E-state index is 14.4. The number of hydrogen-bond acceptors (Lipinski definition) is 9. The van der Waals surface area contributed by atoms with E-state index in [9.17, 15) is 34.4 Å². The number of nitro groups is 1. The summed E-state index contributed by atoms with van der Waals surface area (Å²) in [6.45, 7) is 5.65. The Labute approximate surface area is 257 Å². The molecule has 2 aromatic rings. The average Bonchev–Trinajstić information content (AvgIpc) is 3.41. The molecule has 2 aliphatic rings. The van der Waals surface area contributed by atoms with Gasteiger partial charge in [0.1, 0.15) is 0 Å². The van der Waals surface area contributed by atoms with Crippen LogP contribution in [0.3, 0.4) is 0 Å². The van der Waals surface area contributed by atoms with Gasteiger partial charge in [-0.15, -0.1) is 0 Å². The van der Waals surface area contributed by atoms with Crippen LogP contribution in [0, 0.1) is 16.0 Å². The van der Waals surface area contributed by atoms with Gasteiger partial charge in [0.15, 0.2) is 13.9 Å². The largest absolute Gasteiger partial charge is 0.469 e. The normalized spacial score (nSPS) is 22.7. The van der Waals surface area contributed by atoms with Crippen molar-refractivity contribution < 1.29 is 38.7 Å². The zero-order valence-electron chi connectivity index (χ0n) is 25.6. The summed E-state index contributed by atoms with van der Waals surface area (Å²) in [5.74, 6) is -1.68. The minimum absolute atomic E-state index is 0.0963. The number of fused-ring (bicyclic) bond motifs is 2. The molecule has 4 atom stereocenters. The number of nitrogens with zero attached hydrogens (tertiary/aromatic N) is 3. The number of ether oxygens (including phenoxy) is 2. The number of unbranched alkanes of at least 4 members (excludes halogenated alkanes) is 1. The zero-order valence-corrected chi connectivity index (χ0v) is 26.6. The molecule has 238 valence electrons. The Kier molecular flexibility index (Phi) is 10.2. The number of amides is 2. The van der Waals surface area contributed by atoms with Crippen molar-refractivity contribution in [3.8, 4) is 0 Å². The van der Waals surface area contributed by atoms with Gasteiger partial charge in [-0.25, -0.2) is 0 Å². The van der Waals surface area contributed by atoms with Crippen LogP contribution in [0.1, 0.15) is 43.7 Å². The van der Waals surface area contributed by atoms with E-state index in [4.69, 9.17) is 9.47 Å². The first-order valence-corrected chi connectivity index (χ1v) is 17.9. The molecule has 0 saturated carbocycles. The van der Waals surface area contributed by atoms with Crippen LogP contribution in [-0.2, 0) is 36.0 Å². The molecule has 12 nitrogen and oxygen atoms in total. The third-order valence-electron chi connectivity index (χ3n) is 8.73. The molecule has 1 spiro atoms. The molecule has 13 heteroatoms. The predicted molar refractivity (Wildman–Crippen MR) is 164 cm³/mol. The number of aliphatic hydroxyl groups is 1. The lowest BCUT2D eigenvalue weighted by atomic mass is 9.82. The van der Waals surface area contributed by atoms with E-state index in [0.717, 1.165) is 5.56 Å². The van der Waals surface area contributed by atoms with Crippen LogP contribution < -0.4 is 4.90 Å². The van der Waals surface area contributed by atoms with Crippen LogP contribution in [0.2, 0.25) is 18.6 Å². The Morgan fingerprint density at radius 1 is 1.18 bits per heavy atom. The number of aliphatic hydroxyl groups excluding tert-OH is 1. The summed E-state index contributed by atoms with van der Waals surface area (Å²) in [5.41, 5.74) is -0.711. The van der Waals surface area contributed by atoms with Crippen molar-refractivity contribution in [1.82, 2.24) is 4.90 Å². The van der Waals surface area contributed by atoms with Crippen LogP contribution >= 0.6 is 0 Å². The van der Waals surface area contributed by atoms with Crippen molar-refractivity contribution in [2.75, 3.05) is 31.7 Å². The van der Waals surface area contributed by atoms with Gasteiger partial charge in [0, 0.05) is 55.2 Å². The highest BCUT2D eigenvalue weighted by atomic mass is 28.4. The van der Waals surface area contributed by atoms with Crippen LogP contribution in [0.5, 0.6) is 0 Å². The quantitative estimate of drug-likeness (QED) is 0.111. The van der Waals surface area contributed by atoms with E-state index >= 15 is 0 Å². The van der Waals surface area contributed by atoms with Gasteiger partial charge in [-0.2, -0.15) is 0 Å². The lowest BCUT2D eigenvalue weighted by molar-refractivity contribution is -0.385. The van der Waals surface area contributed by atoms with Gasteiger partial charge in [-0.3, -0.25) is 24.5 Å². The van der Waals surface area contributed by atoms with E-state index < -0.39 is 42.3 Å². The molecular weight excluding hydrogens is 586 g/mol. The van der Waals surface area contributed by atoms with E-state index in [1.54, 1.807) is 20.0 Å². The number of nitro benzene ring substituents is 1. The molecule has 0 aromatic heterocycles. The number of hydrogen-bond donors (Lipinski definition) is 2. The first-order valence-electron chi connectivity index (χ1n) is 14.9. The monoisotopic (exact) mass is 627 g/mol. The molecule has 2 heterocycles. The molecule has 0 unspecified atom stereocenters. The smallest absolute Gasteiger partial charge is 0.305 e. The molecule has 1 fully saturated rings. The molecule has 2 aromatic carbocycles. The summed E-state index contributed by atoms with van der Waals surface area (Å²) in [7, 11) is -1.78. The van der Waals surface area contributed by atoms with Crippen LogP contribution in [0.25, 0.3) is 0 Å². The summed E-state index contributed by atoms with van der Waals surface area (Å²) < 4.78 is 11.4. The second-order valence-electron chi connectivity index (χ2n) is 12.0. The molecular formula is C31H41N3O9Si. The summed E-state index contributed by atoms with van der Waals surface area (Å²) in [6, 6.07) is 13.6. The predicted octanol–water partition coefficient (Wildman–Crippen LogP) is 3.49. The standard InChI is InChI=1S/C31H41N3O9Si/c1-21-29(44(3,4)41)26(19-27(36)32(16-17-35)20-22-10-6-5-7-11-22)43-31(21)24-18-23(34(39)40)13-14-25(24)33(30(31)38)15-9-8-12-28(37)42-2/h5-7,10-11,13-14,18,21,26,29,35,41H,8-9,12,15-17,19-20H2,1-4H3/t21-,26+,29-,31+/m1/s1. The van der Waals surface area contributed by atoms with Gasteiger partial charge < -0.3 is 29.2 Å². The highest BCUT2D eigenvalue weighted by Crippen LogP contribution is 2.60. The van der Waals surface area contributed by atoms with E-state index in [0.29, 0.717) is 24.1 Å². The van der Waals surface area contributed by atoms with E-state index in [1.807, 2.05) is 30.3 Å². The molecule has 1 saturated heterocycles. The van der Waals surface area contributed by atoms with Crippen molar-refractivity contribution in [2.45, 2.75) is 69.5 Å². The van der Waals surface area contributed by atoms with E-state index in [2.05, 4.69) is 0 Å². The number of rotatable bonds is 13. The zero-order chi connectivity index (χ0) is 32.2. The summed E-state index contributed by atoms with van der Waals surface area (Å²) in [6.07, 6.45) is 0.144. The molecule has 2 N–H and O–H groups in total. The maximum Gasteiger partial charge on any atom is 0.305 e. The third-order valence-corrected chi connectivity index (χ3v) is 11.2. The Morgan fingerprint density at radius 3 is 2.50 bits per heavy atom. The number of non-ortho nitro benzene ring substituents is 1. The van der Waals surface area contributed by atoms with Crippen molar-refractivity contribution in [2.24, 2.45) is 5.92 Å². The number of anilines is 1. The van der Waals surface area contributed by atoms with Gasteiger partial charge in [0.05, 0.1) is 36.9 Å². The van der Waals surface area contributed by atoms with Gasteiger partial charge in [-0.05, 0) is 37.6 Å². The Balaban J connectivity index is 1.69. The van der Waals surface area contributed by atoms with E-state index in [-0.39, 0.29) is 56.6 Å². The number of esters is 1. The van der Waals surface area contributed by atoms with Crippen molar-refractivity contribution >= 4 is 37.5 Å². The maximum atomic E-state index is 14.4. The highest BCUT2D eigenvalue weighted by Gasteiger charge is 2.66. The molecule has 2 aliphatic heterocycles. The molecule has 0 aliphatic carbocycles. The summed E-state index contributed by atoms with van der Waals surface area (Å²) in [5, 5.41) is 21.5. The fourth-order valence-electron chi connectivity index (χ4n) is 6.76. The fraction of sp³-hybridized carbons (Fsp3) is 0.516. The number of methoxy groups -OCH3 is 1. The summed E-state index contributed by atoms with van der Waals surface area (Å²) >= 11 is 0. The van der Waals surface area contributed by atoms with Crippen LogP contribution in [0.4, 0.5) is 11.4 Å². The van der Waals surface area contributed by atoms with E-state index in [1.165, 1.54) is 35.1 Å². The van der Waals surface area contributed by atoms with Gasteiger partial charge >= 0.3 is 5.97 Å². The van der Waals surface area contributed by atoms with Crippen molar-refractivity contribution in [3.63, 3.8) is 0 Å². The second-order valence-corrected chi connectivity index (χ2v) is 16.0.